The molecule has 0 amide bonds. The van der Waals surface area contributed by atoms with Gasteiger partial charge in [0.05, 0.1) is 0 Å². The van der Waals surface area contributed by atoms with Crippen LogP contribution in [0.2, 0.25) is 0 Å². The van der Waals surface area contributed by atoms with E-state index in [4.69, 9.17) is 0 Å². The van der Waals surface area contributed by atoms with E-state index in [1.165, 1.54) is 4.94 Å². The van der Waals surface area contributed by atoms with E-state index < -0.39 is 0 Å². The molecule has 0 saturated carbocycles. The van der Waals surface area contributed by atoms with Gasteiger partial charge in [-0.2, -0.15) is 0 Å². The Morgan fingerprint density at radius 3 is 2.25 bits per heavy atom. The third-order valence-electron chi connectivity index (χ3n) is 0.0292. The van der Waals surface area contributed by atoms with Crippen LogP contribution in [-0.2, 0) is 0 Å². The minimum atomic E-state index is 0.910. The van der Waals surface area contributed by atoms with Crippen LogP contribution in [0, 0.1) is 0 Å². The summed E-state index contributed by atoms with van der Waals surface area (Å²) in [5.74, 6) is 0. The maximum absolute atomic E-state index is 10.4. The number of rotatable bonds is 1. The van der Waals surface area contributed by atoms with Crippen LogP contribution in [0.5, 0.6) is 0 Å². The molecule has 0 aliphatic heterocycles. The lowest BCUT2D eigenvalue weighted by Crippen LogP contribution is -1.69. The molecule has 0 heterocycles. The molecule has 1 N–H and O–H groups in total. The first kappa shape index (κ1) is 4.97. The van der Waals surface area contributed by atoms with E-state index >= 15 is 0 Å². The Morgan fingerprint density at radius 2 is 2.25 bits per heavy atom. The summed E-state index contributed by atoms with van der Waals surface area (Å²) in [5, 5.41) is 0. The fraction of sp³-hybridized carbons (Fsp3) is 0. The second kappa shape index (κ2) is 3.97. The van der Waals surface area contributed by atoms with Crippen molar-refractivity contribution in [3.05, 3.63) is 0 Å². The number of halogens is 2. The molecule has 0 spiro atoms. The number of hydrogen-bond donors (Lipinski definition) is 1. The third-order valence-corrected chi connectivity index (χ3v) is 0.587. The van der Waals surface area contributed by atoms with Crippen molar-refractivity contribution in [2.75, 3.05) is 0 Å². The fourth-order valence-corrected chi connectivity index (χ4v) is 0. The highest BCUT2D eigenvalue weighted by molar-refractivity contribution is 14.2. The molecule has 0 aliphatic rings. The van der Waals surface area contributed by atoms with Gasteiger partial charge < -0.3 is 0 Å². The van der Waals surface area contributed by atoms with Gasteiger partial charge in [0.25, 0.3) is 0 Å². The van der Waals surface area contributed by atoms with Crippen molar-refractivity contribution in [3.8, 4) is 0 Å². The smallest absolute Gasteiger partial charge is 0.0237 e. The lowest BCUT2D eigenvalue weighted by atomic mass is 13.8. The Balaban J connectivity index is 1.97. The summed E-state index contributed by atoms with van der Waals surface area (Å²) in [6.07, 6.45) is 0. The average Bonchev–Trinajstić information content (AvgIpc) is 1.37. The van der Waals surface area contributed by atoms with Gasteiger partial charge in [0, 0.05) is 30.3 Å². The molecule has 0 aromatic carbocycles. The summed E-state index contributed by atoms with van der Waals surface area (Å²) in [6.45, 7) is 0. The fourth-order valence-electron chi connectivity index (χ4n) is 0. The molecular weight excluding hydrogens is 192 g/mol. The predicted octanol–water partition coefficient (Wildman–Crippen LogP) is 1.46. The zero-order valence-corrected chi connectivity index (χ0v) is 4.64. The molecule has 0 fully saturated rings. The average molecular weight is 193 g/mol. The zero-order valence-electron chi connectivity index (χ0n) is 1.66. The topological polar surface area (TPSA) is 12.0 Å². The third kappa shape index (κ3) is 2.97. The lowest BCUT2D eigenvalue weighted by Gasteiger charge is -1.66. The van der Waals surface area contributed by atoms with Gasteiger partial charge in [-0.15, -0.1) is 4.48 Å². The molecule has 0 saturated heterocycles. The van der Waals surface area contributed by atoms with E-state index in [0.29, 0.717) is 0 Å². The van der Waals surface area contributed by atoms with Crippen LogP contribution in [0.4, 0.5) is 4.48 Å². The van der Waals surface area contributed by atoms with Gasteiger partial charge in [-0.1, -0.05) is 4.94 Å². The molecule has 0 radical (unpaired) electrons. The van der Waals surface area contributed by atoms with E-state index in [0.717, 1.165) is 9.12 Å². The van der Waals surface area contributed by atoms with Gasteiger partial charge >= 0.3 is 0 Å². The van der Waals surface area contributed by atoms with Crippen molar-refractivity contribution in [1.29, 1.82) is 0 Å². The summed E-state index contributed by atoms with van der Waals surface area (Å²) in [4.78, 5) is 1.33. The van der Waals surface area contributed by atoms with Crippen molar-refractivity contribution in [3.63, 3.8) is 0 Å². The second-order valence-electron chi connectivity index (χ2n) is 0.154. The normalized spacial score (nSPS) is 7.50. The van der Waals surface area contributed by atoms with Crippen molar-refractivity contribution >= 4 is 30.3 Å². The minimum Gasteiger partial charge on any atom is -0.125 e. The summed E-state index contributed by atoms with van der Waals surface area (Å²) < 4.78 is 10.4. The molecule has 0 rings (SSSR count). The highest BCUT2D eigenvalue weighted by Crippen LogP contribution is 2.01. The molecule has 4 heavy (non-hydrogen) atoms. The second-order valence-corrected chi connectivity index (χ2v) is 1.78. The van der Waals surface area contributed by atoms with Crippen molar-refractivity contribution in [2.45, 2.75) is 0 Å². The Bertz CT molecular complexity index is 10.0. The molecule has 0 aromatic rings. The van der Waals surface area contributed by atoms with Gasteiger partial charge in [0.1, 0.15) is 0 Å². The molecule has 0 aromatic heterocycles. The van der Waals surface area contributed by atoms with Crippen LogP contribution in [0.3, 0.4) is 0 Å². The van der Waals surface area contributed by atoms with Gasteiger partial charge in [-0.3, -0.25) is 0 Å². The van der Waals surface area contributed by atoms with E-state index in [1.807, 2.05) is 0 Å². The summed E-state index contributed by atoms with van der Waals surface area (Å²) in [7, 11) is 0.910. The monoisotopic (exact) mass is 193 g/mol. The molecular formula is HFINS. The lowest BCUT2D eigenvalue weighted by molar-refractivity contribution is 0.468. The van der Waals surface area contributed by atoms with Crippen LogP contribution in [0.15, 0.2) is 0 Å². The van der Waals surface area contributed by atoms with E-state index in [9.17, 15) is 4.48 Å². The van der Waals surface area contributed by atoms with Crippen LogP contribution in [0.25, 0.3) is 0 Å². The summed E-state index contributed by atoms with van der Waals surface area (Å²) >= 11 is 1.78. The minimum absolute atomic E-state index is 0.910. The van der Waals surface area contributed by atoms with E-state index in [-0.39, 0.29) is 0 Å². The molecule has 0 atom stereocenters. The summed E-state index contributed by atoms with van der Waals surface area (Å²) in [6, 6.07) is 0. The van der Waals surface area contributed by atoms with Crippen molar-refractivity contribution in [2.24, 2.45) is 0 Å². The first-order valence-corrected chi connectivity index (χ1v) is 3.91. The SMILES string of the molecule is FNSI. The predicted molar refractivity (Wildman–Crippen MR) is 25.9 cm³/mol. The number of hydrogen-bond acceptors (Lipinski definition) is 2. The molecule has 0 bridgehead atoms. The molecule has 4 heteroatoms. The molecule has 0 aliphatic carbocycles. The highest BCUT2D eigenvalue weighted by Gasteiger charge is 1.58. The van der Waals surface area contributed by atoms with Crippen LogP contribution in [-0.4, -0.2) is 0 Å². The van der Waals surface area contributed by atoms with Crippen LogP contribution < -0.4 is 4.94 Å². The molecule has 1 nitrogen and oxygen atoms in total. The maximum Gasteiger partial charge on any atom is 0.0237 e. The largest absolute Gasteiger partial charge is 0.125 e. The first-order chi connectivity index (χ1) is 1.91. The first-order valence-electron chi connectivity index (χ1n) is 0.547. The van der Waals surface area contributed by atoms with Gasteiger partial charge in [0.2, 0.25) is 0 Å². The Morgan fingerprint density at radius 1 is 2.00 bits per heavy atom. The highest BCUT2D eigenvalue weighted by atomic mass is 127. The number of nitrogens with one attached hydrogen (secondary N) is 1. The van der Waals surface area contributed by atoms with E-state index in [2.05, 4.69) is 0 Å². The van der Waals surface area contributed by atoms with Gasteiger partial charge in [0.15, 0.2) is 0 Å². The van der Waals surface area contributed by atoms with Crippen molar-refractivity contribution in [1.82, 2.24) is 4.94 Å². The van der Waals surface area contributed by atoms with Crippen LogP contribution >= 0.6 is 30.3 Å². The Kier molecular flexibility index (Phi) is 4.93. The Hall–Kier alpha value is 0.970. The standard InChI is InChI=1S/FHINS/c1-3-4-2/h3H. The van der Waals surface area contributed by atoms with Gasteiger partial charge in [-0.25, -0.2) is 0 Å². The zero-order chi connectivity index (χ0) is 3.41. The quantitative estimate of drug-likeness (QED) is 0.384. The van der Waals surface area contributed by atoms with E-state index in [1.54, 1.807) is 21.2 Å². The van der Waals surface area contributed by atoms with Crippen LogP contribution in [0.1, 0.15) is 0 Å². The molecule has 0 unspecified atom stereocenters. The Labute approximate surface area is 40.0 Å². The van der Waals surface area contributed by atoms with Crippen molar-refractivity contribution < 1.29 is 4.48 Å². The molecule has 26 valence electrons. The summed E-state index contributed by atoms with van der Waals surface area (Å²) in [5.41, 5.74) is 0. The van der Waals surface area contributed by atoms with Gasteiger partial charge in [-0.05, 0) is 0 Å². The maximum atomic E-state index is 10.4.